The van der Waals surface area contributed by atoms with Crippen molar-refractivity contribution in [3.8, 4) is 17.4 Å². The molecule has 3 rings (SSSR count). The number of nitrogens with one attached hydrogen (secondary N) is 2. The molecule has 0 amide bonds. The highest BCUT2D eigenvalue weighted by atomic mass is 16.5. The van der Waals surface area contributed by atoms with E-state index in [1.807, 2.05) is 48.5 Å². The van der Waals surface area contributed by atoms with Crippen molar-refractivity contribution in [2.45, 2.75) is 13.1 Å². The predicted octanol–water partition coefficient (Wildman–Crippen LogP) is 3.34. The zero-order chi connectivity index (χ0) is 18.9. The van der Waals surface area contributed by atoms with Gasteiger partial charge in [-0.3, -0.25) is 4.99 Å². The number of furan rings is 1. The van der Waals surface area contributed by atoms with Gasteiger partial charge >= 0.3 is 0 Å². The van der Waals surface area contributed by atoms with E-state index in [1.54, 1.807) is 26.6 Å². The Kier molecular flexibility index (Phi) is 6.30. The lowest BCUT2D eigenvalue weighted by molar-refractivity contribution is 0.407. The summed E-state index contributed by atoms with van der Waals surface area (Å²) < 4.78 is 16.2. The van der Waals surface area contributed by atoms with Gasteiger partial charge in [0.25, 0.3) is 0 Å². The summed E-state index contributed by atoms with van der Waals surface area (Å²) in [6, 6.07) is 14.9. The number of ether oxygens (including phenoxy) is 2. The third-order valence-electron chi connectivity index (χ3n) is 3.75. The van der Waals surface area contributed by atoms with Crippen LogP contribution in [0.5, 0.6) is 17.4 Å². The van der Waals surface area contributed by atoms with E-state index < -0.39 is 0 Å². The second-order valence-electron chi connectivity index (χ2n) is 5.64. The van der Waals surface area contributed by atoms with Crippen molar-refractivity contribution in [2.24, 2.45) is 4.99 Å². The monoisotopic (exact) mass is 366 g/mol. The molecule has 0 atom stereocenters. The number of aromatic nitrogens is 1. The van der Waals surface area contributed by atoms with Gasteiger partial charge in [-0.25, -0.2) is 4.98 Å². The minimum Gasteiger partial charge on any atom is -0.497 e. The molecule has 2 aromatic heterocycles. The van der Waals surface area contributed by atoms with E-state index in [2.05, 4.69) is 20.6 Å². The van der Waals surface area contributed by atoms with Gasteiger partial charge in [0.1, 0.15) is 17.3 Å². The molecule has 0 bridgehead atoms. The number of benzene rings is 1. The Morgan fingerprint density at radius 3 is 2.63 bits per heavy atom. The van der Waals surface area contributed by atoms with E-state index in [-0.39, 0.29) is 0 Å². The fourth-order valence-electron chi connectivity index (χ4n) is 2.35. The molecule has 7 heteroatoms. The number of rotatable bonds is 7. The molecule has 7 nitrogen and oxygen atoms in total. The maximum Gasteiger partial charge on any atom is 0.219 e. The fraction of sp³-hybridized carbons (Fsp3) is 0.200. The van der Waals surface area contributed by atoms with Crippen LogP contribution in [0.2, 0.25) is 0 Å². The standard InChI is InChI=1S/C20H22N4O3/c1-21-20(24-14-18-7-4-10-26-18)23-13-15-8-9-19(22-12-15)27-17-6-3-5-16(11-17)25-2/h3-12H,13-14H2,1-2H3,(H2,21,23,24). The Balaban J connectivity index is 1.50. The van der Waals surface area contributed by atoms with Gasteiger partial charge in [-0.1, -0.05) is 12.1 Å². The highest BCUT2D eigenvalue weighted by Crippen LogP contribution is 2.23. The van der Waals surface area contributed by atoms with Crippen molar-refractivity contribution >= 4 is 5.96 Å². The van der Waals surface area contributed by atoms with Crippen LogP contribution in [0.4, 0.5) is 0 Å². The van der Waals surface area contributed by atoms with Gasteiger partial charge in [-0.2, -0.15) is 0 Å². The molecule has 2 heterocycles. The molecule has 0 spiro atoms. The molecule has 27 heavy (non-hydrogen) atoms. The summed E-state index contributed by atoms with van der Waals surface area (Å²) in [6.07, 6.45) is 3.41. The first-order valence-electron chi connectivity index (χ1n) is 8.50. The van der Waals surface area contributed by atoms with Gasteiger partial charge in [0.2, 0.25) is 5.88 Å². The van der Waals surface area contributed by atoms with Crippen molar-refractivity contribution in [3.05, 3.63) is 72.3 Å². The summed E-state index contributed by atoms with van der Waals surface area (Å²) in [4.78, 5) is 8.53. The molecule has 0 unspecified atom stereocenters. The van der Waals surface area contributed by atoms with E-state index in [0.717, 1.165) is 17.1 Å². The van der Waals surface area contributed by atoms with Gasteiger partial charge < -0.3 is 24.5 Å². The Morgan fingerprint density at radius 1 is 1.07 bits per heavy atom. The maximum atomic E-state index is 5.74. The van der Waals surface area contributed by atoms with Crippen molar-refractivity contribution in [1.29, 1.82) is 0 Å². The molecule has 0 aliphatic heterocycles. The molecule has 3 aromatic rings. The molecule has 0 aliphatic carbocycles. The van der Waals surface area contributed by atoms with Crippen LogP contribution >= 0.6 is 0 Å². The number of hydrogen-bond donors (Lipinski definition) is 2. The van der Waals surface area contributed by atoms with Crippen LogP contribution in [-0.2, 0) is 13.1 Å². The Morgan fingerprint density at radius 2 is 1.93 bits per heavy atom. The predicted molar refractivity (Wildman–Crippen MR) is 103 cm³/mol. The molecule has 0 saturated carbocycles. The summed E-state index contributed by atoms with van der Waals surface area (Å²) in [7, 11) is 3.34. The minimum absolute atomic E-state index is 0.521. The average molecular weight is 366 g/mol. The Labute approximate surface area is 158 Å². The molecule has 2 N–H and O–H groups in total. The topological polar surface area (TPSA) is 80.9 Å². The molecule has 140 valence electrons. The van der Waals surface area contributed by atoms with Gasteiger partial charge in [-0.15, -0.1) is 0 Å². The highest BCUT2D eigenvalue weighted by molar-refractivity contribution is 5.79. The van der Waals surface area contributed by atoms with Gasteiger partial charge in [0, 0.05) is 31.9 Å². The quantitative estimate of drug-likeness (QED) is 0.493. The lowest BCUT2D eigenvalue weighted by atomic mass is 10.3. The minimum atomic E-state index is 0.521. The summed E-state index contributed by atoms with van der Waals surface area (Å²) in [5.74, 6) is 3.46. The summed E-state index contributed by atoms with van der Waals surface area (Å²) >= 11 is 0. The third-order valence-corrected chi connectivity index (χ3v) is 3.75. The number of guanidine groups is 1. The summed E-state index contributed by atoms with van der Waals surface area (Å²) in [5.41, 5.74) is 1.01. The summed E-state index contributed by atoms with van der Waals surface area (Å²) in [6.45, 7) is 1.16. The average Bonchev–Trinajstić information content (AvgIpc) is 3.23. The lowest BCUT2D eigenvalue weighted by Crippen LogP contribution is -2.36. The highest BCUT2D eigenvalue weighted by Gasteiger charge is 2.03. The van der Waals surface area contributed by atoms with Crippen LogP contribution in [0.3, 0.4) is 0 Å². The van der Waals surface area contributed by atoms with E-state index >= 15 is 0 Å². The SMILES string of the molecule is CN=C(NCc1ccc(Oc2cccc(OC)c2)nc1)NCc1ccco1. The third kappa shape index (κ3) is 5.50. The molecule has 0 fully saturated rings. The zero-order valence-corrected chi connectivity index (χ0v) is 15.3. The molecular formula is C20H22N4O3. The Hall–Kier alpha value is -3.48. The van der Waals surface area contributed by atoms with Crippen LogP contribution < -0.4 is 20.1 Å². The van der Waals surface area contributed by atoms with E-state index in [1.165, 1.54) is 0 Å². The number of methoxy groups -OCH3 is 1. The Bertz CT molecular complexity index is 861. The first-order chi connectivity index (χ1) is 13.3. The van der Waals surface area contributed by atoms with E-state index in [0.29, 0.717) is 30.7 Å². The number of pyridine rings is 1. The zero-order valence-electron chi connectivity index (χ0n) is 15.3. The van der Waals surface area contributed by atoms with Crippen molar-refractivity contribution in [3.63, 3.8) is 0 Å². The van der Waals surface area contributed by atoms with Gasteiger partial charge in [-0.05, 0) is 29.8 Å². The second kappa shape index (κ2) is 9.28. The largest absolute Gasteiger partial charge is 0.497 e. The van der Waals surface area contributed by atoms with Gasteiger partial charge in [0.15, 0.2) is 5.96 Å². The van der Waals surface area contributed by atoms with Crippen molar-refractivity contribution in [2.75, 3.05) is 14.2 Å². The van der Waals surface area contributed by atoms with Crippen molar-refractivity contribution in [1.82, 2.24) is 15.6 Å². The number of hydrogen-bond acceptors (Lipinski definition) is 5. The first-order valence-corrected chi connectivity index (χ1v) is 8.50. The van der Waals surface area contributed by atoms with E-state index in [4.69, 9.17) is 13.9 Å². The summed E-state index contributed by atoms with van der Waals surface area (Å²) in [5, 5.41) is 6.42. The smallest absolute Gasteiger partial charge is 0.219 e. The first kappa shape index (κ1) is 18.3. The molecule has 0 aliphatic rings. The molecule has 0 radical (unpaired) electrons. The normalized spacial score (nSPS) is 11.1. The molecule has 0 saturated heterocycles. The molecule has 1 aromatic carbocycles. The maximum absolute atomic E-state index is 5.74. The second-order valence-corrected chi connectivity index (χ2v) is 5.64. The fourth-order valence-corrected chi connectivity index (χ4v) is 2.35. The van der Waals surface area contributed by atoms with Crippen LogP contribution in [-0.4, -0.2) is 25.1 Å². The van der Waals surface area contributed by atoms with Crippen LogP contribution in [0.1, 0.15) is 11.3 Å². The number of aliphatic imine (C=N–C) groups is 1. The molecular weight excluding hydrogens is 344 g/mol. The van der Waals surface area contributed by atoms with E-state index in [9.17, 15) is 0 Å². The number of nitrogens with zero attached hydrogens (tertiary/aromatic N) is 2. The van der Waals surface area contributed by atoms with Crippen LogP contribution in [0, 0.1) is 0 Å². The van der Waals surface area contributed by atoms with Gasteiger partial charge in [0.05, 0.1) is 19.9 Å². The van der Waals surface area contributed by atoms with Crippen LogP contribution in [0.15, 0.2) is 70.4 Å². The van der Waals surface area contributed by atoms with Crippen LogP contribution in [0.25, 0.3) is 0 Å². The van der Waals surface area contributed by atoms with Crippen molar-refractivity contribution < 1.29 is 13.9 Å². The lowest BCUT2D eigenvalue weighted by Gasteiger charge is -2.11.